The highest BCUT2D eigenvalue weighted by Crippen LogP contribution is 2.33. The third-order valence-corrected chi connectivity index (χ3v) is 3.63. The van der Waals surface area contributed by atoms with E-state index in [2.05, 4.69) is 33.1 Å². The second kappa shape index (κ2) is 5.76. The van der Waals surface area contributed by atoms with Gasteiger partial charge in [0.25, 0.3) is 0 Å². The summed E-state index contributed by atoms with van der Waals surface area (Å²) in [6.45, 7) is 8.44. The van der Waals surface area contributed by atoms with E-state index in [4.69, 9.17) is 5.84 Å². The summed E-state index contributed by atoms with van der Waals surface area (Å²) in [5.74, 6) is 4.14. The molecule has 4 heteroatoms. The molecule has 0 aliphatic heterocycles. The normalized spacial score (nSPS) is 15.5. The average Bonchev–Trinajstić information content (AvgIpc) is 2.28. The maximum atomic E-state index is 13.7. The molecule has 0 saturated carbocycles. The van der Waals surface area contributed by atoms with Gasteiger partial charge >= 0.3 is 0 Å². The van der Waals surface area contributed by atoms with Gasteiger partial charge in [0.15, 0.2) is 11.6 Å². The molecule has 102 valence electrons. The Labute approximate surface area is 108 Å². The number of nitrogens with two attached hydrogens (primary N) is 1. The maximum Gasteiger partial charge on any atom is 0.163 e. The van der Waals surface area contributed by atoms with E-state index in [9.17, 15) is 8.78 Å². The van der Waals surface area contributed by atoms with Gasteiger partial charge in [-0.1, -0.05) is 39.8 Å². The van der Waals surface area contributed by atoms with Gasteiger partial charge in [-0.05, 0) is 23.8 Å². The molecular formula is C14H22F2N2. The Morgan fingerprint density at radius 3 is 2.39 bits per heavy atom. The van der Waals surface area contributed by atoms with Crippen molar-refractivity contribution in [3.8, 4) is 0 Å². The van der Waals surface area contributed by atoms with E-state index in [-0.39, 0.29) is 17.0 Å². The van der Waals surface area contributed by atoms with Crippen molar-refractivity contribution in [2.24, 2.45) is 17.2 Å². The van der Waals surface area contributed by atoms with Gasteiger partial charge in [0.1, 0.15) is 0 Å². The molecule has 0 aromatic heterocycles. The number of nitrogens with one attached hydrogen (secondary N) is 1. The Morgan fingerprint density at radius 2 is 1.89 bits per heavy atom. The molecule has 0 amide bonds. The first-order valence-electron chi connectivity index (χ1n) is 6.17. The van der Waals surface area contributed by atoms with Crippen molar-refractivity contribution in [3.63, 3.8) is 0 Å². The first-order chi connectivity index (χ1) is 8.27. The third kappa shape index (κ3) is 3.50. The van der Waals surface area contributed by atoms with Crippen molar-refractivity contribution in [2.45, 2.75) is 40.2 Å². The second-order valence-corrected chi connectivity index (χ2v) is 5.87. The molecule has 0 aliphatic carbocycles. The van der Waals surface area contributed by atoms with Crippen LogP contribution in [0.1, 0.15) is 45.7 Å². The van der Waals surface area contributed by atoms with Crippen molar-refractivity contribution < 1.29 is 8.78 Å². The smallest absolute Gasteiger partial charge is 0.163 e. The summed E-state index contributed by atoms with van der Waals surface area (Å²) in [5, 5.41) is 0. The van der Waals surface area contributed by atoms with Crippen LogP contribution in [0.15, 0.2) is 18.2 Å². The summed E-state index contributed by atoms with van der Waals surface area (Å²) < 4.78 is 26.9. The Morgan fingerprint density at radius 1 is 1.28 bits per heavy atom. The van der Waals surface area contributed by atoms with Gasteiger partial charge in [0.2, 0.25) is 0 Å². The average molecular weight is 256 g/mol. The van der Waals surface area contributed by atoms with E-state index in [0.717, 1.165) is 6.07 Å². The van der Waals surface area contributed by atoms with Crippen molar-refractivity contribution >= 4 is 0 Å². The molecule has 0 radical (unpaired) electrons. The summed E-state index contributed by atoms with van der Waals surface area (Å²) in [7, 11) is 0. The minimum atomic E-state index is -0.837. The van der Waals surface area contributed by atoms with Gasteiger partial charge in [0, 0.05) is 11.6 Å². The van der Waals surface area contributed by atoms with E-state index >= 15 is 0 Å². The summed E-state index contributed by atoms with van der Waals surface area (Å²) in [4.78, 5) is 0. The van der Waals surface area contributed by atoms with Gasteiger partial charge in [-0.3, -0.25) is 11.3 Å². The fourth-order valence-corrected chi connectivity index (χ4v) is 1.78. The summed E-state index contributed by atoms with van der Waals surface area (Å²) in [6.07, 6.45) is 0.653. The number of rotatable bonds is 4. The molecule has 0 saturated heterocycles. The monoisotopic (exact) mass is 256 g/mol. The van der Waals surface area contributed by atoms with Gasteiger partial charge < -0.3 is 0 Å². The van der Waals surface area contributed by atoms with Gasteiger partial charge in [-0.2, -0.15) is 0 Å². The van der Waals surface area contributed by atoms with Crippen LogP contribution in [0.3, 0.4) is 0 Å². The summed E-state index contributed by atoms with van der Waals surface area (Å²) in [5.41, 5.74) is 2.96. The van der Waals surface area contributed by atoms with E-state index in [1.807, 2.05) is 0 Å². The van der Waals surface area contributed by atoms with Crippen LogP contribution in [-0.2, 0) is 0 Å². The lowest BCUT2D eigenvalue weighted by molar-refractivity contribution is 0.221. The van der Waals surface area contributed by atoms with E-state index in [1.165, 1.54) is 6.07 Å². The molecule has 2 nitrogen and oxygen atoms in total. The maximum absolute atomic E-state index is 13.7. The molecule has 2 atom stereocenters. The SMILES string of the molecule is CC(CC(NN)c1cccc(F)c1F)C(C)(C)C. The highest BCUT2D eigenvalue weighted by molar-refractivity contribution is 5.22. The van der Waals surface area contributed by atoms with Crippen LogP contribution in [0, 0.1) is 23.0 Å². The van der Waals surface area contributed by atoms with Gasteiger partial charge in [-0.15, -0.1) is 0 Å². The van der Waals surface area contributed by atoms with Crippen LogP contribution >= 0.6 is 0 Å². The van der Waals surface area contributed by atoms with Crippen LogP contribution in [0.5, 0.6) is 0 Å². The lowest BCUT2D eigenvalue weighted by Gasteiger charge is -2.30. The first-order valence-corrected chi connectivity index (χ1v) is 6.17. The minimum absolute atomic E-state index is 0.0961. The molecule has 1 aromatic carbocycles. The molecule has 0 aliphatic rings. The molecule has 0 bridgehead atoms. The Balaban J connectivity index is 2.94. The number of halogens is 2. The zero-order valence-corrected chi connectivity index (χ0v) is 11.4. The van der Waals surface area contributed by atoms with E-state index in [0.29, 0.717) is 12.3 Å². The van der Waals surface area contributed by atoms with E-state index < -0.39 is 11.6 Å². The van der Waals surface area contributed by atoms with Crippen LogP contribution < -0.4 is 11.3 Å². The molecule has 0 fully saturated rings. The zero-order valence-electron chi connectivity index (χ0n) is 11.4. The lowest BCUT2D eigenvalue weighted by Crippen LogP contribution is -2.32. The molecule has 18 heavy (non-hydrogen) atoms. The molecule has 1 rings (SSSR count). The standard InChI is InChI=1S/C14H22F2N2/c1-9(14(2,3)4)8-12(18-17)10-6-5-7-11(15)13(10)16/h5-7,9,12,18H,8,17H2,1-4H3. The van der Waals surface area contributed by atoms with E-state index in [1.54, 1.807) is 6.07 Å². The quantitative estimate of drug-likeness (QED) is 0.638. The Kier molecular flexibility index (Phi) is 4.82. The summed E-state index contributed by atoms with van der Waals surface area (Å²) in [6, 6.07) is 3.80. The number of hydrazine groups is 1. The van der Waals surface area contributed by atoms with Crippen LogP contribution in [0.2, 0.25) is 0 Å². The highest BCUT2D eigenvalue weighted by atomic mass is 19.2. The predicted molar refractivity (Wildman–Crippen MR) is 69.7 cm³/mol. The first kappa shape index (κ1) is 15.1. The van der Waals surface area contributed by atoms with Crippen LogP contribution in [0.25, 0.3) is 0 Å². The van der Waals surface area contributed by atoms with Crippen molar-refractivity contribution in [1.82, 2.24) is 5.43 Å². The zero-order chi connectivity index (χ0) is 13.9. The largest absolute Gasteiger partial charge is 0.271 e. The van der Waals surface area contributed by atoms with Crippen LogP contribution in [0.4, 0.5) is 8.78 Å². The third-order valence-electron chi connectivity index (χ3n) is 3.63. The molecular weight excluding hydrogens is 234 g/mol. The molecule has 3 N–H and O–H groups in total. The van der Waals surface area contributed by atoms with Crippen molar-refractivity contribution in [3.05, 3.63) is 35.4 Å². The topological polar surface area (TPSA) is 38.0 Å². The van der Waals surface area contributed by atoms with Crippen molar-refractivity contribution in [2.75, 3.05) is 0 Å². The van der Waals surface area contributed by atoms with Crippen LogP contribution in [-0.4, -0.2) is 0 Å². The lowest BCUT2D eigenvalue weighted by atomic mass is 9.77. The molecule has 1 aromatic rings. The number of hydrogen-bond acceptors (Lipinski definition) is 2. The number of hydrogen-bond donors (Lipinski definition) is 2. The van der Waals surface area contributed by atoms with Crippen molar-refractivity contribution in [1.29, 1.82) is 0 Å². The molecule has 0 spiro atoms. The Bertz CT molecular complexity index is 399. The van der Waals surface area contributed by atoms with Gasteiger partial charge in [-0.25, -0.2) is 8.78 Å². The Hall–Kier alpha value is -1.00. The number of benzene rings is 1. The predicted octanol–water partition coefficient (Wildman–Crippen LogP) is 3.54. The van der Waals surface area contributed by atoms with Gasteiger partial charge in [0.05, 0.1) is 0 Å². The summed E-state index contributed by atoms with van der Waals surface area (Å²) >= 11 is 0. The fraction of sp³-hybridized carbons (Fsp3) is 0.571. The fourth-order valence-electron chi connectivity index (χ4n) is 1.78. The highest BCUT2D eigenvalue weighted by Gasteiger charge is 2.25. The molecule has 0 heterocycles. The minimum Gasteiger partial charge on any atom is -0.271 e. The molecule has 2 unspecified atom stereocenters. The second-order valence-electron chi connectivity index (χ2n) is 5.87.